The van der Waals surface area contributed by atoms with Crippen molar-refractivity contribution in [3.8, 4) is 0 Å². The number of anilines is 1. The van der Waals surface area contributed by atoms with Gasteiger partial charge in [0.25, 0.3) is 0 Å². The summed E-state index contributed by atoms with van der Waals surface area (Å²) in [4.78, 5) is 57.8. The second kappa shape index (κ2) is 23.6. The molecule has 1 rings (SSSR count). The van der Waals surface area contributed by atoms with Crippen LogP contribution in [0.2, 0.25) is 0 Å². The SMILES string of the molecule is CCCCCCCCCCCCOC(=O)c1c(N)cccc1C(=O)OCCN(CC)CC.O=C(O)CC(O)(CC(=O)O)C(=O)O. The quantitative estimate of drug-likeness (QED) is 0.0629. The molecular weight excluding hydrogens is 588 g/mol. The van der Waals surface area contributed by atoms with Crippen molar-refractivity contribution < 1.29 is 53.9 Å². The van der Waals surface area contributed by atoms with Gasteiger partial charge in [0.2, 0.25) is 0 Å². The summed E-state index contributed by atoms with van der Waals surface area (Å²) in [6, 6.07) is 4.81. The molecule has 1 aromatic rings. The number of aliphatic hydroxyl groups is 1. The maximum atomic E-state index is 12.6. The monoisotopic (exact) mass is 640 g/mol. The smallest absolute Gasteiger partial charge is 0.341 e. The molecule has 256 valence electrons. The average Bonchev–Trinajstić information content (AvgIpc) is 2.97. The Balaban J connectivity index is 0.00000125. The molecule has 0 saturated carbocycles. The Morgan fingerprint density at radius 2 is 1.22 bits per heavy atom. The zero-order valence-electron chi connectivity index (χ0n) is 26.9. The predicted molar refractivity (Wildman–Crippen MR) is 168 cm³/mol. The summed E-state index contributed by atoms with van der Waals surface area (Å²) in [7, 11) is 0. The summed E-state index contributed by atoms with van der Waals surface area (Å²) in [6.45, 7) is 9.39. The van der Waals surface area contributed by atoms with Crippen molar-refractivity contribution in [2.45, 2.75) is 103 Å². The molecule has 0 spiro atoms. The Morgan fingerprint density at radius 3 is 1.69 bits per heavy atom. The van der Waals surface area contributed by atoms with E-state index in [1.807, 2.05) is 0 Å². The van der Waals surface area contributed by atoms with Crippen LogP contribution in [-0.4, -0.2) is 93.6 Å². The van der Waals surface area contributed by atoms with Gasteiger partial charge in [0, 0.05) is 12.2 Å². The largest absolute Gasteiger partial charge is 0.481 e. The number of carbonyl (C=O) groups excluding carboxylic acids is 2. The van der Waals surface area contributed by atoms with Crippen LogP contribution in [0.4, 0.5) is 5.69 Å². The molecule has 13 heteroatoms. The molecule has 0 bridgehead atoms. The molecule has 0 aliphatic rings. The highest BCUT2D eigenvalue weighted by molar-refractivity contribution is 6.06. The zero-order valence-corrected chi connectivity index (χ0v) is 26.9. The van der Waals surface area contributed by atoms with E-state index in [-0.39, 0.29) is 23.4 Å². The van der Waals surface area contributed by atoms with Gasteiger partial charge in [-0.15, -0.1) is 0 Å². The van der Waals surface area contributed by atoms with Gasteiger partial charge in [-0.05, 0) is 31.6 Å². The van der Waals surface area contributed by atoms with Crippen molar-refractivity contribution in [2.75, 3.05) is 38.6 Å². The Labute approximate surface area is 265 Å². The minimum atomic E-state index is -2.74. The van der Waals surface area contributed by atoms with Crippen LogP contribution < -0.4 is 5.73 Å². The van der Waals surface area contributed by atoms with Gasteiger partial charge >= 0.3 is 29.8 Å². The van der Waals surface area contributed by atoms with Crippen LogP contribution in [0.3, 0.4) is 0 Å². The zero-order chi connectivity index (χ0) is 34.3. The molecule has 0 saturated heterocycles. The van der Waals surface area contributed by atoms with E-state index in [0.29, 0.717) is 13.2 Å². The van der Waals surface area contributed by atoms with Crippen molar-refractivity contribution in [1.29, 1.82) is 0 Å². The number of aliphatic carboxylic acids is 3. The molecule has 45 heavy (non-hydrogen) atoms. The molecule has 13 nitrogen and oxygen atoms in total. The summed E-state index contributed by atoms with van der Waals surface area (Å²) < 4.78 is 10.8. The molecule has 0 aliphatic heterocycles. The van der Waals surface area contributed by atoms with Gasteiger partial charge in [-0.3, -0.25) is 9.59 Å². The highest BCUT2D eigenvalue weighted by Gasteiger charge is 2.40. The molecule has 0 aromatic heterocycles. The van der Waals surface area contributed by atoms with Crippen LogP contribution in [0.15, 0.2) is 18.2 Å². The number of likely N-dealkylation sites (N-methyl/N-ethyl adjacent to an activating group) is 1. The third-order valence-electron chi connectivity index (χ3n) is 7.07. The van der Waals surface area contributed by atoms with Gasteiger partial charge in [-0.25, -0.2) is 14.4 Å². The molecule has 0 aliphatic carbocycles. The molecular formula is C32H52N2O11. The first-order chi connectivity index (χ1) is 21.3. The van der Waals surface area contributed by atoms with E-state index >= 15 is 0 Å². The van der Waals surface area contributed by atoms with Crippen molar-refractivity contribution in [3.63, 3.8) is 0 Å². The van der Waals surface area contributed by atoms with Crippen molar-refractivity contribution in [3.05, 3.63) is 29.3 Å². The Morgan fingerprint density at radius 1 is 0.733 bits per heavy atom. The number of ether oxygens (including phenoxy) is 2. The number of esters is 2. The van der Waals surface area contributed by atoms with Crippen LogP contribution in [0.1, 0.15) is 119 Å². The summed E-state index contributed by atoms with van der Waals surface area (Å²) in [5.74, 6) is -6.13. The molecule has 6 N–H and O–H groups in total. The first-order valence-electron chi connectivity index (χ1n) is 15.7. The topological polar surface area (TPSA) is 214 Å². The highest BCUT2D eigenvalue weighted by atomic mass is 16.5. The standard InChI is InChI=1S/C26H44N2O4.C6H8O7/c1-4-7-8-9-10-11-12-13-14-15-20-31-26(30)24-22(17-16-18-23(24)27)25(29)32-21-19-28(5-2)6-3;7-3(8)1-6(13,5(11)12)2-4(9)10/h16-18H,4-15,19-21,27H2,1-3H3;13H,1-2H2,(H,7,8)(H,9,10)(H,11,12). The van der Waals surface area contributed by atoms with E-state index < -0.39 is 48.3 Å². The molecule has 0 radical (unpaired) electrons. The van der Waals surface area contributed by atoms with Gasteiger partial charge in [0.15, 0.2) is 5.60 Å². The van der Waals surface area contributed by atoms with E-state index in [0.717, 1.165) is 32.4 Å². The number of nitrogen functional groups attached to an aromatic ring is 1. The van der Waals surface area contributed by atoms with E-state index in [1.54, 1.807) is 18.2 Å². The third kappa shape index (κ3) is 18.0. The summed E-state index contributed by atoms with van der Waals surface area (Å²) in [6.07, 6.45) is 9.86. The Kier molecular flexibility index (Phi) is 21.7. The second-order valence-electron chi connectivity index (χ2n) is 10.7. The molecule has 0 unspecified atom stereocenters. The lowest BCUT2D eigenvalue weighted by Crippen LogP contribution is -2.42. The number of hydrogen-bond donors (Lipinski definition) is 5. The Bertz CT molecular complexity index is 1040. The first-order valence-corrected chi connectivity index (χ1v) is 15.7. The maximum Gasteiger partial charge on any atom is 0.341 e. The van der Waals surface area contributed by atoms with E-state index in [9.17, 15) is 24.0 Å². The van der Waals surface area contributed by atoms with E-state index in [2.05, 4.69) is 25.7 Å². The van der Waals surface area contributed by atoms with E-state index in [4.69, 9.17) is 35.6 Å². The molecule has 1 aromatic carbocycles. The minimum Gasteiger partial charge on any atom is -0.481 e. The fourth-order valence-corrected chi connectivity index (χ4v) is 4.39. The summed E-state index contributed by atoms with van der Waals surface area (Å²) >= 11 is 0. The molecule has 0 atom stereocenters. The number of carbonyl (C=O) groups is 5. The van der Waals surface area contributed by atoms with Gasteiger partial charge in [-0.1, -0.05) is 84.6 Å². The van der Waals surface area contributed by atoms with Gasteiger partial charge < -0.3 is 40.5 Å². The van der Waals surface area contributed by atoms with Gasteiger partial charge in [-0.2, -0.15) is 0 Å². The number of hydrogen-bond acceptors (Lipinski definition) is 10. The fraction of sp³-hybridized carbons (Fsp3) is 0.656. The number of nitrogens with two attached hydrogens (primary N) is 1. The number of carboxylic acids is 3. The number of carboxylic acid groups (broad SMARTS) is 3. The lowest BCUT2D eigenvalue weighted by molar-refractivity contribution is -0.170. The van der Waals surface area contributed by atoms with Crippen LogP contribution >= 0.6 is 0 Å². The maximum absolute atomic E-state index is 12.6. The third-order valence-corrected chi connectivity index (χ3v) is 7.07. The lowest BCUT2D eigenvalue weighted by atomic mass is 9.96. The number of nitrogens with zero attached hydrogens (tertiary/aromatic N) is 1. The highest BCUT2D eigenvalue weighted by Crippen LogP contribution is 2.20. The normalized spacial score (nSPS) is 11.0. The lowest BCUT2D eigenvalue weighted by Gasteiger charge is -2.18. The van der Waals surface area contributed by atoms with Crippen LogP contribution in [0, 0.1) is 0 Å². The first kappa shape index (κ1) is 41.3. The molecule has 0 fully saturated rings. The number of rotatable bonds is 23. The fourth-order valence-electron chi connectivity index (χ4n) is 4.39. The van der Waals surface area contributed by atoms with Crippen LogP contribution in [0.25, 0.3) is 0 Å². The van der Waals surface area contributed by atoms with Crippen LogP contribution in [-0.2, 0) is 23.9 Å². The van der Waals surface area contributed by atoms with Crippen molar-refractivity contribution in [1.82, 2.24) is 4.90 Å². The second-order valence-corrected chi connectivity index (χ2v) is 10.7. The van der Waals surface area contributed by atoms with Gasteiger partial charge in [0.1, 0.15) is 6.61 Å². The van der Waals surface area contributed by atoms with Crippen molar-refractivity contribution >= 4 is 35.5 Å². The average molecular weight is 641 g/mol. The Hall–Kier alpha value is -3.71. The van der Waals surface area contributed by atoms with Crippen molar-refractivity contribution in [2.24, 2.45) is 0 Å². The predicted octanol–water partition coefficient (Wildman–Crippen LogP) is 4.60. The van der Waals surface area contributed by atoms with E-state index in [1.165, 1.54) is 44.9 Å². The molecule has 0 amide bonds. The summed E-state index contributed by atoms with van der Waals surface area (Å²) in [5.41, 5.74) is 3.75. The van der Waals surface area contributed by atoms with Gasteiger partial charge in [0.05, 0.1) is 30.6 Å². The number of benzene rings is 1. The number of unbranched alkanes of at least 4 members (excludes halogenated alkanes) is 9. The molecule has 0 heterocycles. The minimum absolute atomic E-state index is 0.104. The summed E-state index contributed by atoms with van der Waals surface area (Å²) in [5, 5.41) is 33.8. The van der Waals surface area contributed by atoms with Crippen LogP contribution in [0.5, 0.6) is 0 Å².